The maximum absolute atomic E-state index is 14.1. The summed E-state index contributed by atoms with van der Waals surface area (Å²) in [5.74, 6) is -0.398. The number of nitrogens with zero attached hydrogens (tertiary/aromatic N) is 3. The fourth-order valence-corrected chi connectivity index (χ4v) is 6.25. The molecule has 4 rings (SSSR count). The van der Waals surface area contributed by atoms with E-state index in [0.29, 0.717) is 22.6 Å². The molecule has 2 amide bonds. The largest absolute Gasteiger partial charge is 0.459 e. The average Bonchev–Trinajstić information content (AvgIpc) is 3.42. The Kier molecular flexibility index (Phi) is 9.63. The number of hydrogen-bond donors (Lipinski definition) is 1. The summed E-state index contributed by atoms with van der Waals surface area (Å²) in [6, 6.07) is 19.6. The lowest BCUT2D eigenvalue weighted by Crippen LogP contribution is -2.25. The number of aromatic nitrogens is 1. The fraction of sp³-hybridized carbons (Fsp3) is 0.258. The summed E-state index contributed by atoms with van der Waals surface area (Å²) >= 11 is 0. The zero-order chi connectivity index (χ0) is 28.5. The Hall–Kier alpha value is -4.08. The van der Waals surface area contributed by atoms with Crippen LogP contribution in [0.15, 0.2) is 99.1 Å². The lowest BCUT2D eigenvalue weighted by atomic mass is 10.1. The van der Waals surface area contributed by atoms with Gasteiger partial charge in [0, 0.05) is 39.9 Å². The number of furan rings is 1. The van der Waals surface area contributed by atoms with E-state index in [-0.39, 0.29) is 23.0 Å². The quantitative estimate of drug-likeness (QED) is 0.232. The highest BCUT2D eigenvalue weighted by Crippen LogP contribution is 2.25. The minimum absolute atomic E-state index is 0.241. The molecule has 0 aliphatic heterocycles. The van der Waals surface area contributed by atoms with E-state index in [9.17, 15) is 13.8 Å². The number of amides is 2. The number of anilines is 1. The van der Waals surface area contributed by atoms with Crippen LogP contribution in [0.1, 0.15) is 46.7 Å². The predicted octanol–water partition coefficient (Wildman–Crippen LogP) is 6.30. The molecule has 0 radical (unpaired) electrons. The molecule has 1 N–H and O–H groups in total. The van der Waals surface area contributed by atoms with Crippen molar-refractivity contribution in [2.45, 2.75) is 32.1 Å². The van der Waals surface area contributed by atoms with Crippen LogP contribution in [0.2, 0.25) is 0 Å². The number of hydrogen-bond acceptors (Lipinski definition) is 6. The molecule has 208 valence electrons. The van der Waals surface area contributed by atoms with E-state index < -0.39 is 15.6 Å². The van der Waals surface area contributed by atoms with Crippen molar-refractivity contribution < 1.29 is 18.2 Å². The topological polar surface area (TPSA) is 105 Å². The highest BCUT2D eigenvalue weighted by molar-refractivity contribution is 7.94. The van der Waals surface area contributed by atoms with Crippen LogP contribution < -0.4 is 5.32 Å². The van der Waals surface area contributed by atoms with E-state index in [2.05, 4.69) is 33.4 Å². The molecule has 0 unspecified atom stereocenters. The van der Waals surface area contributed by atoms with Crippen LogP contribution in [-0.4, -0.2) is 51.3 Å². The molecule has 0 spiro atoms. The van der Waals surface area contributed by atoms with Gasteiger partial charge >= 0.3 is 0 Å². The third-order valence-corrected chi connectivity index (χ3v) is 8.95. The predicted molar refractivity (Wildman–Crippen MR) is 158 cm³/mol. The molecule has 0 aliphatic rings. The van der Waals surface area contributed by atoms with Gasteiger partial charge < -0.3 is 14.6 Å². The highest BCUT2D eigenvalue weighted by atomic mass is 32.2. The standard InChI is InChI=1S/C31H34N4O4S/c1-4-35(5-2)16-10-18-40(38,28-13-7-6-8-14-28)34-30(36)26-19-25(21-32-22-26)24-11-9-12-27(20-24)33-31(37)29-23(3)15-17-39-29/h6-9,11-15,17,19-22H,4-5,10,16,18H2,1-3H3,(H,33,37)/t40-/m0/s1. The monoisotopic (exact) mass is 558 g/mol. The van der Waals surface area contributed by atoms with Crippen molar-refractivity contribution >= 4 is 27.2 Å². The first-order valence-corrected chi connectivity index (χ1v) is 15.0. The summed E-state index contributed by atoms with van der Waals surface area (Å²) in [6.45, 7) is 8.58. The van der Waals surface area contributed by atoms with Crippen LogP contribution in [0, 0.1) is 6.92 Å². The van der Waals surface area contributed by atoms with Gasteiger partial charge in [-0.25, -0.2) is 4.21 Å². The van der Waals surface area contributed by atoms with Crippen LogP contribution in [0.25, 0.3) is 11.1 Å². The molecule has 0 bridgehead atoms. The zero-order valence-electron chi connectivity index (χ0n) is 23.0. The maximum Gasteiger partial charge on any atom is 0.291 e. The molecular weight excluding hydrogens is 524 g/mol. The normalized spacial score (nSPS) is 12.6. The van der Waals surface area contributed by atoms with Gasteiger partial charge in [0.1, 0.15) is 0 Å². The second kappa shape index (κ2) is 13.3. The molecular formula is C31H34N4O4S. The van der Waals surface area contributed by atoms with Crippen molar-refractivity contribution in [3.8, 4) is 11.1 Å². The minimum Gasteiger partial charge on any atom is -0.459 e. The van der Waals surface area contributed by atoms with Crippen molar-refractivity contribution in [1.29, 1.82) is 0 Å². The molecule has 8 nitrogen and oxygen atoms in total. The molecule has 4 aromatic rings. The molecule has 0 aliphatic carbocycles. The third kappa shape index (κ3) is 7.11. The Morgan fingerprint density at radius 3 is 2.45 bits per heavy atom. The Labute approximate surface area is 235 Å². The zero-order valence-corrected chi connectivity index (χ0v) is 23.8. The second-order valence-corrected chi connectivity index (χ2v) is 11.7. The molecule has 2 heterocycles. The SMILES string of the molecule is CCN(CC)CCC[S@@](=O)(=NC(=O)c1cncc(-c2cccc(NC(=O)c3occc3C)c2)c1)c1ccccc1. The Morgan fingerprint density at radius 1 is 0.975 bits per heavy atom. The number of rotatable bonds is 11. The van der Waals surface area contributed by atoms with Crippen LogP contribution in [0.4, 0.5) is 5.69 Å². The smallest absolute Gasteiger partial charge is 0.291 e. The van der Waals surface area contributed by atoms with E-state index in [1.165, 1.54) is 12.5 Å². The van der Waals surface area contributed by atoms with Gasteiger partial charge in [0.05, 0.1) is 21.6 Å². The summed E-state index contributed by atoms with van der Waals surface area (Å²) in [6.07, 6.45) is 5.19. The average molecular weight is 559 g/mol. The lowest BCUT2D eigenvalue weighted by Gasteiger charge is -2.18. The van der Waals surface area contributed by atoms with Crippen molar-refractivity contribution in [3.05, 3.63) is 102 Å². The van der Waals surface area contributed by atoms with E-state index in [1.54, 1.807) is 67.7 Å². The number of nitrogens with one attached hydrogen (secondary N) is 1. The molecule has 0 fully saturated rings. The second-order valence-electron chi connectivity index (χ2n) is 9.36. The first kappa shape index (κ1) is 28.9. The first-order chi connectivity index (χ1) is 19.3. The summed E-state index contributed by atoms with van der Waals surface area (Å²) in [5, 5.41) is 2.84. The third-order valence-electron chi connectivity index (χ3n) is 6.64. The van der Waals surface area contributed by atoms with Gasteiger partial charge in [0.2, 0.25) is 0 Å². The fourth-order valence-electron chi connectivity index (χ4n) is 4.34. The molecule has 2 aromatic heterocycles. The molecule has 2 aromatic carbocycles. The minimum atomic E-state index is -2.99. The van der Waals surface area contributed by atoms with Crippen LogP contribution in [-0.2, 0) is 9.73 Å². The number of pyridine rings is 1. The number of carbonyl (C=O) groups is 2. The first-order valence-electron chi connectivity index (χ1n) is 13.3. The van der Waals surface area contributed by atoms with E-state index in [1.807, 2.05) is 12.1 Å². The summed E-state index contributed by atoms with van der Waals surface area (Å²) in [7, 11) is -2.99. The van der Waals surface area contributed by atoms with Gasteiger partial charge in [0.15, 0.2) is 5.76 Å². The number of benzene rings is 2. The van der Waals surface area contributed by atoms with Gasteiger partial charge in [-0.2, -0.15) is 4.36 Å². The van der Waals surface area contributed by atoms with Gasteiger partial charge in [-0.05, 0) is 74.9 Å². The van der Waals surface area contributed by atoms with Gasteiger partial charge in [-0.15, -0.1) is 0 Å². The Bertz CT molecular complexity index is 1590. The van der Waals surface area contributed by atoms with Gasteiger partial charge in [0.25, 0.3) is 11.8 Å². The molecule has 9 heteroatoms. The number of aryl methyl sites for hydroxylation is 1. The van der Waals surface area contributed by atoms with Gasteiger partial charge in [-0.1, -0.05) is 44.2 Å². The van der Waals surface area contributed by atoms with Crippen molar-refractivity contribution in [3.63, 3.8) is 0 Å². The molecule has 0 saturated carbocycles. The van der Waals surface area contributed by atoms with Crippen molar-refractivity contribution in [2.75, 3.05) is 30.7 Å². The molecule has 0 saturated heterocycles. The molecule has 1 atom stereocenters. The maximum atomic E-state index is 14.1. The summed E-state index contributed by atoms with van der Waals surface area (Å²) < 4.78 is 23.6. The summed E-state index contributed by atoms with van der Waals surface area (Å²) in [5.41, 5.74) is 2.97. The lowest BCUT2D eigenvalue weighted by molar-refractivity contribution is 0.0991. The van der Waals surface area contributed by atoms with Crippen molar-refractivity contribution in [2.24, 2.45) is 4.36 Å². The van der Waals surface area contributed by atoms with Crippen molar-refractivity contribution in [1.82, 2.24) is 9.88 Å². The molecule has 40 heavy (non-hydrogen) atoms. The van der Waals surface area contributed by atoms with Crippen LogP contribution in [0.5, 0.6) is 0 Å². The van der Waals surface area contributed by atoms with Crippen LogP contribution in [0.3, 0.4) is 0 Å². The van der Waals surface area contributed by atoms with E-state index in [4.69, 9.17) is 4.42 Å². The van der Waals surface area contributed by atoms with Gasteiger partial charge in [-0.3, -0.25) is 14.6 Å². The Balaban J connectivity index is 1.59. The number of carbonyl (C=O) groups excluding carboxylic acids is 2. The van der Waals surface area contributed by atoms with E-state index >= 15 is 0 Å². The van der Waals surface area contributed by atoms with Crippen LogP contribution >= 0.6 is 0 Å². The summed E-state index contributed by atoms with van der Waals surface area (Å²) in [4.78, 5) is 33.0. The van der Waals surface area contributed by atoms with E-state index in [0.717, 1.165) is 30.8 Å². The highest BCUT2D eigenvalue weighted by Gasteiger charge is 2.18. The Morgan fingerprint density at radius 2 is 1.75 bits per heavy atom.